The zero-order chi connectivity index (χ0) is 21.5. The summed E-state index contributed by atoms with van der Waals surface area (Å²) < 4.78 is 18.5. The van der Waals surface area contributed by atoms with Crippen molar-refractivity contribution >= 4 is 11.6 Å². The molecule has 2 heterocycles. The lowest BCUT2D eigenvalue weighted by atomic mass is 10.1. The van der Waals surface area contributed by atoms with Gasteiger partial charge in [-0.2, -0.15) is 0 Å². The molecule has 3 aromatic rings. The number of hydrogen-bond donors (Lipinski definition) is 1. The van der Waals surface area contributed by atoms with Gasteiger partial charge in [-0.3, -0.25) is 9.20 Å². The summed E-state index contributed by atoms with van der Waals surface area (Å²) in [6.45, 7) is 7.52. The minimum Gasteiger partial charge on any atom is -0.493 e. The number of carbonyl (C=O) groups is 1. The third kappa shape index (κ3) is 4.50. The molecule has 0 fully saturated rings. The van der Waals surface area contributed by atoms with Crippen molar-refractivity contribution < 1.29 is 19.0 Å². The van der Waals surface area contributed by atoms with Crippen LogP contribution < -0.4 is 19.5 Å². The Morgan fingerprint density at radius 1 is 1.07 bits per heavy atom. The molecule has 2 aromatic heterocycles. The van der Waals surface area contributed by atoms with Gasteiger partial charge >= 0.3 is 0 Å². The fraction of sp³-hybridized carbons (Fsp3) is 0.391. The van der Waals surface area contributed by atoms with Crippen molar-refractivity contribution in [3.8, 4) is 17.2 Å². The van der Waals surface area contributed by atoms with Gasteiger partial charge in [-0.15, -0.1) is 0 Å². The number of amides is 1. The van der Waals surface area contributed by atoms with Crippen LogP contribution in [0.1, 0.15) is 42.5 Å². The van der Waals surface area contributed by atoms with Crippen molar-refractivity contribution in [2.75, 3.05) is 26.9 Å². The largest absolute Gasteiger partial charge is 0.493 e. The van der Waals surface area contributed by atoms with Gasteiger partial charge < -0.3 is 19.5 Å². The van der Waals surface area contributed by atoms with Crippen molar-refractivity contribution in [1.82, 2.24) is 14.7 Å². The van der Waals surface area contributed by atoms with Crippen LogP contribution in [0, 0.1) is 0 Å². The molecular weight excluding hydrogens is 382 g/mol. The molecule has 0 spiro atoms. The smallest absolute Gasteiger partial charge is 0.270 e. The molecule has 30 heavy (non-hydrogen) atoms. The fourth-order valence-corrected chi connectivity index (χ4v) is 3.39. The number of aromatic nitrogens is 2. The van der Waals surface area contributed by atoms with Crippen molar-refractivity contribution in [3.63, 3.8) is 0 Å². The number of nitrogens with zero attached hydrogens (tertiary/aromatic N) is 2. The maximum atomic E-state index is 12.9. The predicted octanol–water partition coefficient (Wildman–Crippen LogP) is 3.68. The fourth-order valence-electron chi connectivity index (χ4n) is 3.39. The Morgan fingerprint density at radius 2 is 1.83 bits per heavy atom. The number of fused-ring (bicyclic) bond motifs is 1. The Balaban J connectivity index is 1.73. The minimum absolute atomic E-state index is 0.149. The molecule has 0 atom stereocenters. The lowest BCUT2D eigenvalue weighted by Crippen LogP contribution is -2.27. The second-order valence-electron chi connectivity index (χ2n) is 6.68. The first-order chi connectivity index (χ1) is 14.6. The molecule has 0 aliphatic carbocycles. The van der Waals surface area contributed by atoms with Gasteiger partial charge in [0.2, 0.25) is 0 Å². The summed E-state index contributed by atoms with van der Waals surface area (Å²) in [5, 5.41) is 3.02. The predicted molar refractivity (Wildman–Crippen MR) is 116 cm³/mol. The molecule has 0 bridgehead atoms. The normalized spacial score (nSPS) is 10.8. The van der Waals surface area contributed by atoms with Crippen LogP contribution in [-0.4, -0.2) is 42.2 Å². The van der Waals surface area contributed by atoms with E-state index in [9.17, 15) is 4.79 Å². The van der Waals surface area contributed by atoms with Gasteiger partial charge in [0.25, 0.3) is 5.91 Å². The van der Waals surface area contributed by atoms with Gasteiger partial charge in [0.15, 0.2) is 22.9 Å². The van der Waals surface area contributed by atoms with E-state index in [0.717, 1.165) is 22.8 Å². The van der Waals surface area contributed by atoms with Crippen molar-refractivity contribution in [2.24, 2.45) is 0 Å². The molecule has 0 radical (unpaired) electrons. The number of methoxy groups -OCH3 is 1. The molecule has 0 saturated carbocycles. The van der Waals surface area contributed by atoms with Gasteiger partial charge in [-0.05, 0) is 56.5 Å². The van der Waals surface area contributed by atoms with E-state index in [2.05, 4.69) is 10.3 Å². The first-order valence-corrected chi connectivity index (χ1v) is 10.3. The molecular formula is C23H29N3O4. The zero-order valence-corrected chi connectivity index (χ0v) is 18.0. The lowest BCUT2D eigenvalue weighted by Gasteiger charge is -2.13. The van der Waals surface area contributed by atoms with E-state index >= 15 is 0 Å². The quantitative estimate of drug-likeness (QED) is 0.551. The molecule has 1 aromatic carbocycles. The molecule has 0 saturated heterocycles. The van der Waals surface area contributed by atoms with Crippen molar-refractivity contribution in [3.05, 3.63) is 53.5 Å². The van der Waals surface area contributed by atoms with E-state index in [0.29, 0.717) is 49.7 Å². The first kappa shape index (κ1) is 21.5. The SMILES string of the molecule is CCOc1ccc(CCNC(=O)c2c(CC)nc3c(OC)cccn23)cc1OCC. The highest BCUT2D eigenvalue weighted by Gasteiger charge is 2.19. The number of benzene rings is 1. The van der Waals surface area contributed by atoms with Crippen LogP contribution in [0.3, 0.4) is 0 Å². The number of rotatable bonds is 10. The van der Waals surface area contributed by atoms with Gasteiger partial charge in [0.1, 0.15) is 5.69 Å². The molecule has 0 unspecified atom stereocenters. The number of aryl methyl sites for hydroxylation is 1. The van der Waals surface area contributed by atoms with Gasteiger partial charge in [0.05, 0.1) is 26.0 Å². The highest BCUT2D eigenvalue weighted by atomic mass is 16.5. The van der Waals surface area contributed by atoms with E-state index in [4.69, 9.17) is 14.2 Å². The third-order valence-electron chi connectivity index (χ3n) is 4.76. The van der Waals surface area contributed by atoms with Crippen LogP contribution in [0.15, 0.2) is 36.5 Å². The van der Waals surface area contributed by atoms with Crippen LogP contribution in [0.5, 0.6) is 17.2 Å². The van der Waals surface area contributed by atoms with E-state index in [1.54, 1.807) is 11.5 Å². The monoisotopic (exact) mass is 411 g/mol. The van der Waals surface area contributed by atoms with E-state index < -0.39 is 0 Å². The number of imidazole rings is 1. The summed E-state index contributed by atoms with van der Waals surface area (Å²) in [6, 6.07) is 9.56. The molecule has 1 N–H and O–H groups in total. The molecule has 1 amide bonds. The van der Waals surface area contributed by atoms with Crippen LogP contribution in [0.25, 0.3) is 5.65 Å². The highest BCUT2D eigenvalue weighted by molar-refractivity contribution is 5.95. The van der Waals surface area contributed by atoms with Gasteiger partial charge in [-0.1, -0.05) is 13.0 Å². The number of pyridine rings is 1. The maximum absolute atomic E-state index is 12.9. The first-order valence-electron chi connectivity index (χ1n) is 10.3. The Bertz CT molecular complexity index is 1010. The number of ether oxygens (including phenoxy) is 3. The summed E-state index contributed by atoms with van der Waals surface area (Å²) in [6.07, 6.45) is 3.17. The second-order valence-corrected chi connectivity index (χ2v) is 6.68. The summed E-state index contributed by atoms with van der Waals surface area (Å²) >= 11 is 0. The van der Waals surface area contributed by atoms with Crippen LogP contribution in [0.2, 0.25) is 0 Å². The molecule has 3 rings (SSSR count). The highest BCUT2D eigenvalue weighted by Crippen LogP contribution is 2.28. The number of hydrogen-bond acceptors (Lipinski definition) is 5. The van der Waals surface area contributed by atoms with E-state index in [-0.39, 0.29) is 5.91 Å². The van der Waals surface area contributed by atoms with Crippen LogP contribution in [0.4, 0.5) is 0 Å². The minimum atomic E-state index is -0.149. The Labute approximate surface area is 177 Å². The van der Waals surface area contributed by atoms with E-state index in [1.807, 2.05) is 57.3 Å². The van der Waals surface area contributed by atoms with Crippen molar-refractivity contribution in [1.29, 1.82) is 0 Å². The maximum Gasteiger partial charge on any atom is 0.270 e. The molecule has 7 nitrogen and oxygen atoms in total. The molecule has 0 aliphatic rings. The number of carbonyl (C=O) groups excluding carboxylic acids is 1. The summed E-state index contributed by atoms with van der Waals surface area (Å²) in [5.41, 5.74) is 3.01. The second kappa shape index (κ2) is 10.0. The average Bonchev–Trinajstić information content (AvgIpc) is 3.14. The van der Waals surface area contributed by atoms with Crippen LogP contribution in [-0.2, 0) is 12.8 Å². The Hall–Kier alpha value is -3.22. The molecule has 7 heteroatoms. The Morgan fingerprint density at radius 3 is 2.53 bits per heavy atom. The average molecular weight is 412 g/mol. The lowest BCUT2D eigenvalue weighted by molar-refractivity contribution is 0.0947. The van der Waals surface area contributed by atoms with Crippen LogP contribution >= 0.6 is 0 Å². The zero-order valence-electron chi connectivity index (χ0n) is 18.0. The van der Waals surface area contributed by atoms with Gasteiger partial charge in [-0.25, -0.2) is 4.98 Å². The topological polar surface area (TPSA) is 74.1 Å². The molecule has 0 aliphatic heterocycles. The van der Waals surface area contributed by atoms with E-state index in [1.165, 1.54) is 0 Å². The summed E-state index contributed by atoms with van der Waals surface area (Å²) in [5.74, 6) is 1.96. The van der Waals surface area contributed by atoms with Crippen molar-refractivity contribution in [2.45, 2.75) is 33.6 Å². The molecule has 160 valence electrons. The summed E-state index contributed by atoms with van der Waals surface area (Å²) in [4.78, 5) is 17.5. The third-order valence-corrected chi connectivity index (χ3v) is 4.76. The number of nitrogens with one attached hydrogen (secondary N) is 1. The summed E-state index contributed by atoms with van der Waals surface area (Å²) in [7, 11) is 1.60. The Kier molecular flexibility index (Phi) is 7.17. The van der Waals surface area contributed by atoms with Gasteiger partial charge in [0, 0.05) is 12.7 Å². The standard InChI is InChI=1S/C23H29N3O4/c1-5-17-21(26-14-8-9-19(28-4)22(26)25-17)23(27)24-13-12-16-10-11-18(29-6-2)20(15-16)30-7-3/h8-11,14-15H,5-7,12-13H2,1-4H3,(H,24,27).